The van der Waals surface area contributed by atoms with E-state index in [1.807, 2.05) is 0 Å². The van der Waals surface area contributed by atoms with Crippen molar-refractivity contribution in [1.82, 2.24) is 10.0 Å². The van der Waals surface area contributed by atoms with Gasteiger partial charge >= 0.3 is 11.9 Å². The van der Waals surface area contributed by atoms with E-state index in [9.17, 15) is 19.2 Å². The van der Waals surface area contributed by atoms with Gasteiger partial charge in [-0.05, 0) is 11.9 Å². The quantitative estimate of drug-likeness (QED) is 0.523. The maximum absolute atomic E-state index is 11.8. The number of aliphatic carboxylic acids is 2. The van der Waals surface area contributed by atoms with Crippen molar-refractivity contribution in [2.45, 2.75) is 6.92 Å². The van der Waals surface area contributed by atoms with Crippen LogP contribution in [0.15, 0.2) is 23.2 Å². The number of hydrogen-bond acceptors (Lipinski definition) is 4. The summed E-state index contributed by atoms with van der Waals surface area (Å²) in [6.07, 6.45) is 3.34. The van der Waals surface area contributed by atoms with Gasteiger partial charge in [0.2, 0.25) is 0 Å². The SMILES string of the molecule is C/C=C/C(=O)N(CC(=O)O)N(CC(=O)O)C(=O)/C=C/Br. The fourth-order valence-corrected chi connectivity index (χ4v) is 1.42. The van der Waals surface area contributed by atoms with Gasteiger partial charge in [0.05, 0.1) is 0 Å². The summed E-state index contributed by atoms with van der Waals surface area (Å²) in [6.45, 7) is -0.149. The van der Waals surface area contributed by atoms with Gasteiger partial charge in [-0.2, -0.15) is 0 Å². The molecule has 2 amide bonds. The molecule has 0 bridgehead atoms. The topological polar surface area (TPSA) is 115 Å². The van der Waals surface area contributed by atoms with Crippen LogP contribution in [0.5, 0.6) is 0 Å². The summed E-state index contributed by atoms with van der Waals surface area (Å²) in [5.41, 5.74) is 0. The molecule has 110 valence electrons. The number of allylic oxidation sites excluding steroid dienone is 1. The lowest BCUT2D eigenvalue weighted by atomic mass is 10.4. The van der Waals surface area contributed by atoms with Gasteiger partial charge in [-0.3, -0.25) is 19.2 Å². The van der Waals surface area contributed by atoms with Crippen molar-refractivity contribution >= 4 is 39.7 Å². The van der Waals surface area contributed by atoms with Crippen LogP contribution in [0.4, 0.5) is 0 Å². The molecule has 0 aromatic carbocycles. The standard InChI is InChI=1S/C11H13BrN2O6/c1-2-3-8(15)13(6-10(17)18)14(7-11(19)20)9(16)4-5-12/h2-5H,6-7H2,1H3,(H,17,18)(H,19,20)/b3-2+,5-4+. The molecule has 0 heterocycles. The Bertz CT molecular complexity index is 418. The van der Waals surface area contributed by atoms with E-state index >= 15 is 0 Å². The van der Waals surface area contributed by atoms with E-state index in [1.54, 1.807) is 0 Å². The Morgan fingerprint density at radius 1 is 0.950 bits per heavy atom. The first-order chi connectivity index (χ1) is 9.33. The molecular formula is C11H13BrN2O6. The van der Waals surface area contributed by atoms with E-state index in [-0.39, 0.29) is 0 Å². The number of nitrogens with zero attached hydrogens (tertiary/aromatic N) is 2. The summed E-state index contributed by atoms with van der Waals surface area (Å²) in [6, 6.07) is 0. The molecule has 0 aromatic heterocycles. The molecule has 0 radical (unpaired) electrons. The number of hydrogen-bond donors (Lipinski definition) is 2. The predicted molar refractivity (Wildman–Crippen MR) is 71.6 cm³/mol. The van der Waals surface area contributed by atoms with Gasteiger partial charge < -0.3 is 10.2 Å². The molecule has 0 aromatic rings. The van der Waals surface area contributed by atoms with Crippen LogP contribution in [0.1, 0.15) is 6.92 Å². The third kappa shape index (κ3) is 6.14. The third-order valence-corrected chi connectivity index (χ3v) is 2.15. The average Bonchev–Trinajstić information content (AvgIpc) is 2.33. The van der Waals surface area contributed by atoms with Crippen LogP contribution in [0.2, 0.25) is 0 Å². The van der Waals surface area contributed by atoms with Crippen molar-refractivity contribution in [2.75, 3.05) is 13.1 Å². The predicted octanol–water partition coefficient (Wildman–Crippen LogP) is 0.213. The number of carboxylic acids is 2. The number of carboxylic acid groups (broad SMARTS) is 2. The van der Waals surface area contributed by atoms with Gasteiger partial charge in [0, 0.05) is 12.2 Å². The van der Waals surface area contributed by atoms with E-state index in [1.165, 1.54) is 18.0 Å². The second kappa shape index (κ2) is 8.86. The highest BCUT2D eigenvalue weighted by Crippen LogP contribution is 2.04. The van der Waals surface area contributed by atoms with Crippen molar-refractivity contribution in [3.8, 4) is 0 Å². The highest BCUT2D eigenvalue weighted by Gasteiger charge is 2.27. The normalized spacial score (nSPS) is 10.7. The van der Waals surface area contributed by atoms with Crippen molar-refractivity contribution in [3.05, 3.63) is 23.2 Å². The van der Waals surface area contributed by atoms with Crippen molar-refractivity contribution in [1.29, 1.82) is 0 Å². The van der Waals surface area contributed by atoms with E-state index in [4.69, 9.17) is 10.2 Å². The largest absolute Gasteiger partial charge is 0.480 e. The number of amides is 2. The third-order valence-electron chi connectivity index (χ3n) is 1.89. The Morgan fingerprint density at radius 2 is 1.35 bits per heavy atom. The zero-order valence-electron chi connectivity index (χ0n) is 10.5. The van der Waals surface area contributed by atoms with Gasteiger partial charge in [-0.25, -0.2) is 10.0 Å². The van der Waals surface area contributed by atoms with Gasteiger partial charge in [0.25, 0.3) is 11.8 Å². The minimum absolute atomic E-state index is 0.538. The van der Waals surface area contributed by atoms with Crippen molar-refractivity contribution in [2.24, 2.45) is 0 Å². The van der Waals surface area contributed by atoms with Gasteiger partial charge in [-0.15, -0.1) is 0 Å². The Hall–Kier alpha value is -2.16. The summed E-state index contributed by atoms with van der Waals surface area (Å²) >= 11 is 2.84. The number of carbonyl (C=O) groups is 4. The summed E-state index contributed by atoms with van der Waals surface area (Å²) in [5, 5.41) is 18.6. The van der Waals surface area contributed by atoms with Crippen LogP contribution in [-0.4, -0.2) is 57.1 Å². The van der Waals surface area contributed by atoms with Crippen LogP contribution < -0.4 is 0 Å². The lowest BCUT2D eigenvalue weighted by Crippen LogP contribution is -2.52. The Kier molecular flexibility index (Phi) is 7.90. The van der Waals surface area contributed by atoms with Crippen LogP contribution in [0.3, 0.4) is 0 Å². The fourth-order valence-electron chi connectivity index (χ4n) is 1.19. The maximum Gasteiger partial charge on any atom is 0.325 e. The first-order valence-corrected chi connectivity index (χ1v) is 6.21. The zero-order valence-corrected chi connectivity index (χ0v) is 12.1. The maximum atomic E-state index is 11.8. The minimum Gasteiger partial charge on any atom is -0.480 e. The first-order valence-electron chi connectivity index (χ1n) is 5.29. The molecule has 0 unspecified atom stereocenters. The summed E-state index contributed by atoms with van der Waals surface area (Å²) in [5.74, 6) is -4.42. The number of rotatable bonds is 6. The highest BCUT2D eigenvalue weighted by atomic mass is 79.9. The molecule has 2 N–H and O–H groups in total. The van der Waals surface area contributed by atoms with Gasteiger partial charge in [0.1, 0.15) is 13.1 Å². The van der Waals surface area contributed by atoms with Crippen LogP contribution in [0.25, 0.3) is 0 Å². The molecule has 0 spiro atoms. The molecular weight excluding hydrogens is 336 g/mol. The van der Waals surface area contributed by atoms with Crippen LogP contribution >= 0.6 is 15.9 Å². The highest BCUT2D eigenvalue weighted by molar-refractivity contribution is 9.11. The number of hydrazine groups is 1. The van der Waals surface area contributed by atoms with Gasteiger partial charge in [-0.1, -0.05) is 22.0 Å². The Morgan fingerprint density at radius 3 is 1.65 bits per heavy atom. The summed E-state index contributed by atoms with van der Waals surface area (Å²) in [4.78, 5) is 46.2. The molecule has 0 aliphatic carbocycles. The lowest BCUT2D eigenvalue weighted by Gasteiger charge is -2.30. The molecule has 20 heavy (non-hydrogen) atoms. The van der Waals surface area contributed by atoms with E-state index < -0.39 is 36.8 Å². The van der Waals surface area contributed by atoms with E-state index in [0.717, 1.165) is 12.2 Å². The van der Waals surface area contributed by atoms with Crippen molar-refractivity contribution < 1.29 is 29.4 Å². The minimum atomic E-state index is -1.38. The lowest BCUT2D eigenvalue weighted by molar-refractivity contribution is -0.168. The molecule has 0 saturated carbocycles. The van der Waals surface area contributed by atoms with Gasteiger partial charge in [0.15, 0.2) is 0 Å². The number of halogens is 1. The molecule has 9 heteroatoms. The summed E-state index contributed by atoms with van der Waals surface area (Å²) in [7, 11) is 0. The monoisotopic (exact) mass is 348 g/mol. The molecule has 0 aliphatic rings. The Balaban J connectivity index is 5.47. The van der Waals surface area contributed by atoms with E-state index in [0.29, 0.717) is 10.0 Å². The Labute approximate surface area is 123 Å². The fraction of sp³-hybridized carbons (Fsp3) is 0.273. The number of carbonyl (C=O) groups excluding carboxylic acids is 2. The zero-order chi connectivity index (χ0) is 15.7. The van der Waals surface area contributed by atoms with Crippen LogP contribution in [0, 0.1) is 0 Å². The van der Waals surface area contributed by atoms with Crippen LogP contribution in [-0.2, 0) is 19.2 Å². The molecule has 0 saturated heterocycles. The average molecular weight is 349 g/mol. The first kappa shape index (κ1) is 17.8. The molecule has 8 nitrogen and oxygen atoms in total. The molecule has 0 fully saturated rings. The van der Waals surface area contributed by atoms with Crippen molar-refractivity contribution in [3.63, 3.8) is 0 Å². The smallest absolute Gasteiger partial charge is 0.325 e. The van der Waals surface area contributed by atoms with E-state index in [2.05, 4.69) is 15.9 Å². The second-order valence-electron chi connectivity index (χ2n) is 3.37. The molecule has 0 aliphatic heterocycles. The summed E-state index contributed by atoms with van der Waals surface area (Å²) < 4.78 is 0. The molecule has 0 atom stereocenters. The second-order valence-corrected chi connectivity index (χ2v) is 3.90. The molecule has 0 rings (SSSR count).